The SMILES string of the molecule is COc1ccccc1OCc1cc(C(=O)NCC2COCCO2)n[nH]1. The molecule has 1 amide bonds. The monoisotopic (exact) mass is 347 g/mol. The van der Waals surface area contributed by atoms with Crippen molar-refractivity contribution in [2.45, 2.75) is 12.7 Å². The summed E-state index contributed by atoms with van der Waals surface area (Å²) in [4.78, 5) is 12.1. The van der Waals surface area contributed by atoms with Crippen molar-refractivity contribution < 1.29 is 23.7 Å². The predicted octanol–water partition coefficient (Wildman–Crippen LogP) is 1.14. The van der Waals surface area contributed by atoms with Gasteiger partial charge in [0.1, 0.15) is 12.3 Å². The van der Waals surface area contributed by atoms with E-state index in [2.05, 4.69) is 15.5 Å². The number of carbonyl (C=O) groups is 1. The molecule has 134 valence electrons. The normalized spacial score (nSPS) is 17.1. The van der Waals surface area contributed by atoms with Gasteiger partial charge in [0.2, 0.25) is 0 Å². The summed E-state index contributed by atoms with van der Waals surface area (Å²) in [5, 5.41) is 9.60. The molecule has 0 bridgehead atoms. The van der Waals surface area contributed by atoms with Gasteiger partial charge in [-0.05, 0) is 18.2 Å². The van der Waals surface area contributed by atoms with Crippen LogP contribution in [0.2, 0.25) is 0 Å². The minimum absolute atomic E-state index is 0.120. The van der Waals surface area contributed by atoms with Crippen LogP contribution in [0, 0.1) is 0 Å². The van der Waals surface area contributed by atoms with E-state index in [4.69, 9.17) is 18.9 Å². The van der Waals surface area contributed by atoms with Crippen molar-refractivity contribution in [2.75, 3.05) is 33.5 Å². The molecular formula is C17H21N3O5. The molecular weight excluding hydrogens is 326 g/mol. The van der Waals surface area contributed by atoms with Crippen LogP contribution in [0.25, 0.3) is 0 Å². The van der Waals surface area contributed by atoms with E-state index in [1.165, 1.54) is 0 Å². The lowest BCUT2D eigenvalue weighted by Gasteiger charge is -2.22. The average molecular weight is 347 g/mol. The summed E-state index contributed by atoms with van der Waals surface area (Å²) in [6, 6.07) is 9.02. The number of methoxy groups -OCH3 is 1. The van der Waals surface area contributed by atoms with Gasteiger partial charge in [-0.15, -0.1) is 0 Å². The molecule has 1 saturated heterocycles. The van der Waals surface area contributed by atoms with Crippen molar-refractivity contribution >= 4 is 5.91 Å². The third kappa shape index (κ3) is 4.71. The first-order chi connectivity index (χ1) is 12.3. The van der Waals surface area contributed by atoms with Gasteiger partial charge >= 0.3 is 0 Å². The molecule has 0 radical (unpaired) electrons. The van der Waals surface area contributed by atoms with Crippen molar-refractivity contribution in [3.63, 3.8) is 0 Å². The van der Waals surface area contributed by atoms with E-state index in [0.29, 0.717) is 49.3 Å². The highest BCUT2D eigenvalue weighted by atomic mass is 16.6. The maximum Gasteiger partial charge on any atom is 0.271 e. The molecule has 1 aromatic carbocycles. The molecule has 1 aliphatic heterocycles. The van der Waals surface area contributed by atoms with Crippen LogP contribution in [0.15, 0.2) is 30.3 Å². The summed E-state index contributed by atoms with van der Waals surface area (Å²) in [6.07, 6.45) is -0.120. The van der Waals surface area contributed by atoms with Crippen LogP contribution in [-0.2, 0) is 16.1 Å². The Labute approximate surface area is 145 Å². The molecule has 2 aromatic rings. The molecule has 0 aliphatic carbocycles. The Morgan fingerprint density at radius 2 is 2.20 bits per heavy atom. The molecule has 8 heteroatoms. The standard InChI is InChI=1S/C17H21N3O5/c1-22-15-4-2-3-5-16(15)25-10-12-8-14(20-19-12)17(21)18-9-13-11-23-6-7-24-13/h2-5,8,13H,6-7,9-11H2,1H3,(H,18,21)(H,19,20). The molecule has 0 saturated carbocycles. The smallest absolute Gasteiger partial charge is 0.271 e. The van der Waals surface area contributed by atoms with Crippen molar-refractivity contribution in [3.05, 3.63) is 41.7 Å². The van der Waals surface area contributed by atoms with Gasteiger partial charge in [0.15, 0.2) is 11.5 Å². The maximum atomic E-state index is 12.1. The Morgan fingerprint density at radius 1 is 1.36 bits per heavy atom. The minimum Gasteiger partial charge on any atom is -0.493 e. The number of hydrogen-bond donors (Lipinski definition) is 2. The van der Waals surface area contributed by atoms with Crippen LogP contribution in [0.1, 0.15) is 16.2 Å². The Bertz CT molecular complexity index is 697. The van der Waals surface area contributed by atoms with Gasteiger partial charge in [0, 0.05) is 6.54 Å². The fourth-order valence-corrected chi connectivity index (χ4v) is 2.40. The second-order valence-corrected chi connectivity index (χ2v) is 5.50. The molecule has 2 heterocycles. The van der Waals surface area contributed by atoms with Crippen LogP contribution < -0.4 is 14.8 Å². The van der Waals surface area contributed by atoms with Gasteiger partial charge in [-0.25, -0.2) is 0 Å². The number of carbonyl (C=O) groups excluding carboxylic acids is 1. The Balaban J connectivity index is 1.50. The number of benzene rings is 1. The van der Waals surface area contributed by atoms with E-state index in [-0.39, 0.29) is 18.6 Å². The van der Waals surface area contributed by atoms with Crippen molar-refractivity contribution in [2.24, 2.45) is 0 Å². The highest BCUT2D eigenvalue weighted by Crippen LogP contribution is 2.26. The largest absolute Gasteiger partial charge is 0.493 e. The summed E-state index contributed by atoms with van der Waals surface area (Å²) in [5.74, 6) is 1.00. The molecule has 2 N–H and O–H groups in total. The van der Waals surface area contributed by atoms with Crippen LogP contribution in [0.3, 0.4) is 0 Å². The molecule has 3 rings (SSSR count). The lowest BCUT2D eigenvalue weighted by atomic mass is 10.3. The summed E-state index contributed by atoms with van der Waals surface area (Å²) < 4.78 is 21.7. The van der Waals surface area contributed by atoms with E-state index < -0.39 is 0 Å². The highest BCUT2D eigenvalue weighted by molar-refractivity contribution is 5.92. The molecule has 1 fully saturated rings. The van der Waals surface area contributed by atoms with Crippen LogP contribution in [0.5, 0.6) is 11.5 Å². The average Bonchev–Trinajstić information content (AvgIpc) is 3.14. The van der Waals surface area contributed by atoms with E-state index >= 15 is 0 Å². The van der Waals surface area contributed by atoms with Gasteiger partial charge in [0.25, 0.3) is 5.91 Å². The summed E-state index contributed by atoms with van der Waals surface area (Å²) >= 11 is 0. The molecule has 1 aliphatic rings. The molecule has 1 aromatic heterocycles. The molecule has 1 unspecified atom stereocenters. The Kier molecular flexibility index (Phi) is 5.86. The molecule has 1 atom stereocenters. The topological polar surface area (TPSA) is 94.7 Å². The van der Waals surface area contributed by atoms with Gasteiger partial charge in [-0.1, -0.05) is 12.1 Å². The van der Waals surface area contributed by atoms with Crippen molar-refractivity contribution in [1.82, 2.24) is 15.5 Å². The zero-order valence-corrected chi connectivity index (χ0v) is 14.0. The fourth-order valence-electron chi connectivity index (χ4n) is 2.40. The number of H-pyrrole nitrogens is 1. The molecule has 25 heavy (non-hydrogen) atoms. The number of para-hydroxylation sites is 2. The minimum atomic E-state index is -0.269. The Morgan fingerprint density at radius 3 is 2.96 bits per heavy atom. The second-order valence-electron chi connectivity index (χ2n) is 5.50. The summed E-state index contributed by atoms with van der Waals surface area (Å²) in [7, 11) is 1.59. The molecule has 0 spiro atoms. The first-order valence-electron chi connectivity index (χ1n) is 8.04. The fraction of sp³-hybridized carbons (Fsp3) is 0.412. The quantitative estimate of drug-likeness (QED) is 0.780. The third-order valence-electron chi connectivity index (χ3n) is 3.69. The third-order valence-corrected chi connectivity index (χ3v) is 3.69. The number of aromatic amines is 1. The van der Waals surface area contributed by atoms with Crippen LogP contribution in [-0.4, -0.2) is 55.7 Å². The number of aromatic nitrogens is 2. The molecule has 8 nitrogen and oxygen atoms in total. The maximum absolute atomic E-state index is 12.1. The highest BCUT2D eigenvalue weighted by Gasteiger charge is 2.17. The number of nitrogens with one attached hydrogen (secondary N) is 2. The zero-order chi connectivity index (χ0) is 17.5. The van der Waals surface area contributed by atoms with Crippen molar-refractivity contribution in [1.29, 1.82) is 0 Å². The predicted molar refractivity (Wildman–Crippen MR) is 88.8 cm³/mol. The Hall–Kier alpha value is -2.58. The summed E-state index contributed by atoms with van der Waals surface area (Å²) in [5.41, 5.74) is 0.990. The zero-order valence-electron chi connectivity index (χ0n) is 14.0. The van der Waals surface area contributed by atoms with E-state index in [1.807, 2.05) is 24.3 Å². The lowest BCUT2D eigenvalue weighted by Crippen LogP contribution is -2.39. The first-order valence-corrected chi connectivity index (χ1v) is 8.04. The van der Waals surface area contributed by atoms with E-state index in [0.717, 1.165) is 0 Å². The van der Waals surface area contributed by atoms with Crippen molar-refractivity contribution in [3.8, 4) is 11.5 Å². The van der Waals surface area contributed by atoms with Crippen LogP contribution in [0.4, 0.5) is 0 Å². The number of amides is 1. The number of nitrogens with zero attached hydrogens (tertiary/aromatic N) is 1. The van der Waals surface area contributed by atoms with Gasteiger partial charge in [-0.3, -0.25) is 9.89 Å². The number of rotatable bonds is 7. The second kappa shape index (κ2) is 8.50. The first kappa shape index (κ1) is 17.2. The summed E-state index contributed by atoms with van der Waals surface area (Å²) in [6.45, 7) is 2.27. The number of ether oxygens (including phenoxy) is 4. The van der Waals surface area contributed by atoms with Gasteiger partial charge < -0.3 is 24.3 Å². The van der Waals surface area contributed by atoms with E-state index in [1.54, 1.807) is 13.2 Å². The van der Waals surface area contributed by atoms with Gasteiger partial charge in [-0.2, -0.15) is 5.10 Å². The van der Waals surface area contributed by atoms with Gasteiger partial charge in [0.05, 0.1) is 38.7 Å². The lowest BCUT2D eigenvalue weighted by molar-refractivity contribution is -0.0855. The van der Waals surface area contributed by atoms with E-state index in [9.17, 15) is 4.79 Å². The van der Waals surface area contributed by atoms with Crippen LogP contribution >= 0.6 is 0 Å². The number of hydrogen-bond acceptors (Lipinski definition) is 6.